The van der Waals surface area contributed by atoms with E-state index in [0.717, 1.165) is 0 Å². The molecule has 98 valence electrons. The van der Waals surface area contributed by atoms with Crippen LogP contribution in [-0.2, 0) is 15.2 Å². The molecular formula is C6H14O9S. The molecule has 0 amide bonds. The fourth-order valence-corrected chi connectivity index (χ4v) is 0.568. The van der Waals surface area contributed by atoms with Crippen molar-refractivity contribution in [1.82, 2.24) is 0 Å². The molecule has 0 heterocycles. The summed E-state index contributed by atoms with van der Waals surface area (Å²) >= 11 is 0. The zero-order chi connectivity index (χ0) is 13.5. The molecule has 0 rings (SSSR count). The van der Waals surface area contributed by atoms with Crippen LogP contribution in [0.3, 0.4) is 0 Å². The fourth-order valence-electron chi connectivity index (χ4n) is 0.568. The molecule has 0 fully saturated rings. The zero-order valence-electron chi connectivity index (χ0n) is 8.20. The summed E-state index contributed by atoms with van der Waals surface area (Å²) < 4.78 is 31.6. The largest absolute Gasteiger partial charge is 0.394 e. The Morgan fingerprint density at radius 1 is 1.00 bits per heavy atom. The first-order chi connectivity index (χ1) is 7.00. The molecule has 0 aliphatic rings. The van der Waals surface area contributed by atoms with Crippen molar-refractivity contribution in [2.75, 3.05) is 0 Å². The number of hydrogen-bond acceptors (Lipinski definition) is 7. The standard InChI is InChI=1S/C6H12O5.H2O4S/c1-3(8)5(10)6(11)4(9)2-7;1-5(2,3)4/h2-6,8-11H,1H3;(H2,1,2,3,4). The molecule has 0 bridgehead atoms. The maximum atomic E-state index is 9.87. The highest BCUT2D eigenvalue weighted by Crippen LogP contribution is 2.02. The molecule has 0 aliphatic carbocycles. The van der Waals surface area contributed by atoms with Crippen molar-refractivity contribution in [3.05, 3.63) is 0 Å². The van der Waals surface area contributed by atoms with Gasteiger partial charge in [0.15, 0.2) is 6.29 Å². The van der Waals surface area contributed by atoms with Crippen molar-refractivity contribution in [3.8, 4) is 0 Å². The summed E-state index contributed by atoms with van der Waals surface area (Å²) in [6.45, 7) is 1.24. The Kier molecular flexibility index (Phi) is 8.46. The first-order valence-electron chi connectivity index (χ1n) is 3.88. The van der Waals surface area contributed by atoms with E-state index < -0.39 is 34.8 Å². The Balaban J connectivity index is 0. The first-order valence-corrected chi connectivity index (χ1v) is 5.27. The number of carbonyl (C=O) groups excluding carboxylic acids is 1. The van der Waals surface area contributed by atoms with E-state index >= 15 is 0 Å². The Morgan fingerprint density at radius 3 is 1.50 bits per heavy atom. The zero-order valence-corrected chi connectivity index (χ0v) is 9.02. The van der Waals surface area contributed by atoms with Gasteiger partial charge in [0.25, 0.3) is 0 Å². The number of aliphatic hydroxyl groups is 4. The van der Waals surface area contributed by atoms with Crippen LogP contribution < -0.4 is 0 Å². The van der Waals surface area contributed by atoms with Crippen molar-refractivity contribution in [3.63, 3.8) is 0 Å². The van der Waals surface area contributed by atoms with Gasteiger partial charge in [-0.25, -0.2) is 0 Å². The maximum absolute atomic E-state index is 9.87. The van der Waals surface area contributed by atoms with Crippen LogP contribution in [0.1, 0.15) is 6.92 Å². The highest BCUT2D eigenvalue weighted by atomic mass is 32.3. The summed E-state index contributed by atoms with van der Waals surface area (Å²) in [7, 11) is -4.67. The molecule has 9 nitrogen and oxygen atoms in total. The van der Waals surface area contributed by atoms with Crippen LogP contribution in [0, 0.1) is 0 Å². The molecule has 0 saturated carbocycles. The van der Waals surface area contributed by atoms with Crippen molar-refractivity contribution in [2.24, 2.45) is 0 Å². The van der Waals surface area contributed by atoms with E-state index in [1.54, 1.807) is 0 Å². The van der Waals surface area contributed by atoms with Gasteiger partial charge in [-0.3, -0.25) is 9.11 Å². The fraction of sp³-hybridized carbons (Fsp3) is 0.833. The number of carbonyl (C=O) groups is 1. The SMILES string of the molecule is CC(O)C(O)C(O)C(O)C=O.O=S(=O)(O)O. The Morgan fingerprint density at radius 2 is 1.31 bits per heavy atom. The van der Waals surface area contributed by atoms with Gasteiger partial charge in [-0.2, -0.15) is 8.42 Å². The molecule has 0 aromatic rings. The normalized spacial score (nSPS) is 18.7. The highest BCUT2D eigenvalue weighted by molar-refractivity contribution is 7.79. The summed E-state index contributed by atoms with van der Waals surface area (Å²) in [6.07, 6.45) is -5.88. The summed E-state index contributed by atoms with van der Waals surface area (Å²) in [4.78, 5) is 9.87. The predicted molar refractivity (Wildman–Crippen MR) is 49.9 cm³/mol. The molecule has 0 aromatic heterocycles. The number of hydrogen-bond donors (Lipinski definition) is 6. The smallest absolute Gasteiger partial charge is 0.391 e. The third-order valence-corrected chi connectivity index (χ3v) is 1.33. The van der Waals surface area contributed by atoms with Crippen molar-refractivity contribution in [2.45, 2.75) is 31.3 Å². The van der Waals surface area contributed by atoms with Gasteiger partial charge in [-0.05, 0) is 6.92 Å². The molecule has 16 heavy (non-hydrogen) atoms. The molecule has 0 aromatic carbocycles. The second kappa shape index (κ2) is 7.62. The van der Waals surface area contributed by atoms with Crippen LogP contribution >= 0.6 is 0 Å². The molecule has 0 spiro atoms. The molecule has 4 atom stereocenters. The minimum Gasteiger partial charge on any atom is -0.391 e. The van der Waals surface area contributed by atoms with Gasteiger partial charge in [-0.1, -0.05) is 0 Å². The second-order valence-electron chi connectivity index (χ2n) is 2.80. The maximum Gasteiger partial charge on any atom is 0.394 e. The van der Waals surface area contributed by atoms with E-state index in [1.807, 2.05) is 0 Å². The Hall–Kier alpha value is -0.620. The Bertz CT molecular complexity index is 276. The van der Waals surface area contributed by atoms with E-state index in [0.29, 0.717) is 0 Å². The second-order valence-corrected chi connectivity index (χ2v) is 3.69. The number of aliphatic hydroxyl groups excluding tert-OH is 4. The molecule has 0 aliphatic heterocycles. The summed E-state index contributed by atoms with van der Waals surface area (Å²) in [5.41, 5.74) is 0. The average molecular weight is 262 g/mol. The molecule has 6 N–H and O–H groups in total. The lowest BCUT2D eigenvalue weighted by atomic mass is 10.1. The van der Waals surface area contributed by atoms with Crippen LogP contribution in [-0.4, -0.2) is 68.7 Å². The lowest BCUT2D eigenvalue weighted by Crippen LogP contribution is -2.43. The van der Waals surface area contributed by atoms with Gasteiger partial charge in [0.1, 0.15) is 18.3 Å². The van der Waals surface area contributed by atoms with Gasteiger partial charge >= 0.3 is 10.4 Å². The van der Waals surface area contributed by atoms with Crippen LogP contribution in [0.2, 0.25) is 0 Å². The van der Waals surface area contributed by atoms with Gasteiger partial charge < -0.3 is 25.2 Å². The van der Waals surface area contributed by atoms with E-state index in [2.05, 4.69) is 0 Å². The van der Waals surface area contributed by atoms with Crippen molar-refractivity contribution < 1.29 is 42.7 Å². The monoisotopic (exact) mass is 262 g/mol. The molecule has 0 radical (unpaired) electrons. The molecule has 10 heteroatoms. The van der Waals surface area contributed by atoms with Crippen LogP contribution in [0.25, 0.3) is 0 Å². The minimum absolute atomic E-state index is 0.0935. The number of rotatable bonds is 4. The lowest BCUT2D eigenvalue weighted by Gasteiger charge is -2.21. The molecule has 4 unspecified atom stereocenters. The molecule has 0 saturated heterocycles. The summed E-state index contributed by atoms with van der Waals surface area (Å²) in [5, 5.41) is 35.1. The Labute approximate surface area is 91.5 Å². The number of aldehydes is 1. The quantitative estimate of drug-likeness (QED) is 0.228. The van der Waals surface area contributed by atoms with E-state index in [-0.39, 0.29) is 6.29 Å². The van der Waals surface area contributed by atoms with E-state index in [9.17, 15) is 4.79 Å². The van der Waals surface area contributed by atoms with Gasteiger partial charge in [-0.15, -0.1) is 0 Å². The van der Waals surface area contributed by atoms with Crippen molar-refractivity contribution >= 4 is 16.7 Å². The highest BCUT2D eigenvalue weighted by Gasteiger charge is 2.27. The third kappa shape index (κ3) is 11.5. The van der Waals surface area contributed by atoms with Crippen LogP contribution in [0.5, 0.6) is 0 Å². The molecular weight excluding hydrogens is 248 g/mol. The third-order valence-electron chi connectivity index (χ3n) is 1.33. The van der Waals surface area contributed by atoms with Gasteiger partial charge in [0.05, 0.1) is 6.10 Å². The topological polar surface area (TPSA) is 173 Å². The van der Waals surface area contributed by atoms with Crippen molar-refractivity contribution in [1.29, 1.82) is 0 Å². The van der Waals surface area contributed by atoms with E-state index in [1.165, 1.54) is 6.92 Å². The first kappa shape index (κ1) is 17.8. The minimum atomic E-state index is -4.67. The lowest BCUT2D eigenvalue weighted by molar-refractivity contribution is -0.132. The van der Waals surface area contributed by atoms with Gasteiger partial charge in [0, 0.05) is 0 Å². The van der Waals surface area contributed by atoms with Crippen LogP contribution in [0.4, 0.5) is 0 Å². The van der Waals surface area contributed by atoms with Crippen LogP contribution in [0.15, 0.2) is 0 Å². The summed E-state index contributed by atoms with van der Waals surface area (Å²) in [5.74, 6) is 0. The predicted octanol–water partition coefficient (Wildman–Crippen LogP) is -3.00. The average Bonchev–Trinajstić information content (AvgIpc) is 2.11. The summed E-state index contributed by atoms with van der Waals surface area (Å²) in [6, 6.07) is 0. The van der Waals surface area contributed by atoms with E-state index in [4.69, 9.17) is 37.9 Å². The van der Waals surface area contributed by atoms with Gasteiger partial charge in [0.2, 0.25) is 0 Å².